The van der Waals surface area contributed by atoms with E-state index in [1.807, 2.05) is 30.3 Å². The maximum absolute atomic E-state index is 12.1. The summed E-state index contributed by atoms with van der Waals surface area (Å²) in [6.45, 7) is 1.99. The first-order valence-corrected chi connectivity index (χ1v) is 7.64. The zero-order chi connectivity index (χ0) is 16.7. The van der Waals surface area contributed by atoms with Crippen LogP contribution >= 0.6 is 0 Å². The Morgan fingerprint density at radius 3 is 2.70 bits per heavy atom. The largest absolute Gasteiger partial charge is 0.461 e. The maximum Gasteiger partial charge on any atom is 0.360 e. The first-order chi connectivity index (χ1) is 11.1. The van der Waals surface area contributed by atoms with Crippen molar-refractivity contribution in [2.24, 2.45) is 7.05 Å². The number of hydrogen-bond donors (Lipinski definition) is 1. The van der Waals surface area contributed by atoms with E-state index in [0.29, 0.717) is 12.2 Å². The Labute approximate surface area is 135 Å². The van der Waals surface area contributed by atoms with Crippen LogP contribution in [0.5, 0.6) is 0 Å². The second-order valence-electron chi connectivity index (χ2n) is 5.16. The second kappa shape index (κ2) is 8.12. The van der Waals surface area contributed by atoms with E-state index in [1.54, 1.807) is 18.5 Å². The van der Waals surface area contributed by atoms with Crippen LogP contribution in [-0.4, -0.2) is 28.0 Å². The lowest BCUT2D eigenvalue weighted by molar-refractivity contribution is -0.116. The summed E-state index contributed by atoms with van der Waals surface area (Å²) in [7, 11) is 1.72. The number of imidazole rings is 1. The van der Waals surface area contributed by atoms with Gasteiger partial charge in [-0.25, -0.2) is 9.78 Å². The number of aryl methyl sites for hydroxylation is 2. The Kier molecular flexibility index (Phi) is 5.91. The van der Waals surface area contributed by atoms with Crippen molar-refractivity contribution in [1.29, 1.82) is 0 Å². The summed E-state index contributed by atoms with van der Waals surface area (Å²) >= 11 is 0. The summed E-state index contributed by atoms with van der Waals surface area (Å²) in [4.78, 5) is 27.9. The van der Waals surface area contributed by atoms with Crippen LogP contribution in [0.2, 0.25) is 0 Å². The Hall–Kier alpha value is -2.63. The van der Waals surface area contributed by atoms with Crippen molar-refractivity contribution >= 4 is 17.7 Å². The van der Waals surface area contributed by atoms with Crippen LogP contribution in [0.3, 0.4) is 0 Å². The van der Waals surface area contributed by atoms with Crippen molar-refractivity contribution in [2.45, 2.75) is 26.2 Å². The number of benzene rings is 1. The molecule has 23 heavy (non-hydrogen) atoms. The fraction of sp³-hybridized carbons (Fsp3) is 0.353. The molecule has 0 saturated heterocycles. The van der Waals surface area contributed by atoms with Crippen molar-refractivity contribution < 1.29 is 14.3 Å². The number of aromatic nitrogens is 2. The molecule has 0 unspecified atom stereocenters. The molecule has 1 heterocycles. The molecular weight excluding hydrogens is 294 g/mol. The van der Waals surface area contributed by atoms with Gasteiger partial charge in [0.15, 0.2) is 5.69 Å². The standard InChI is InChI=1S/C17H21N3O3/c1-3-23-17(22)15-16(20(2)12-18-15)19-14(21)11-7-10-13-8-5-4-6-9-13/h4-6,8-9,12H,3,7,10-11H2,1-2H3,(H,19,21). The normalized spacial score (nSPS) is 10.3. The van der Waals surface area contributed by atoms with Crippen molar-refractivity contribution in [3.05, 3.63) is 47.9 Å². The van der Waals surface area contributed by atoms with Crippen LogP contribution in [0, 0.1) is 0 Å². The number of hydrogen-bond acceptors (Lipinski definition) is 4. The van der Waals surface area contributed by atoms with Crippen molar-refractivity contribution in [1.82, 2.24) is 9.55 Å². The van der Waals surface area contributed by atoms with E-state index in [9.17, 15) is 9.59 Å². The summed E-state index contributed by atoms with van der Waals surface area (Å²) in [5.74, 6) is -0.309. The van der Waals surface area contributed by atoms with Gasteiger partial charge in [-0.15, -0.1) is 0 Å². The molecule has 0 radical (unpaired) electrons. The minimum absolute atomic E-state index is 0.130. The molecule has 1 N–H and O–H groups in total. The van der Waals surface area contributed by atoms with Gasteiger partial charge in [0.05, 0.1) is 12.9 Å². The third-order valence-corrected chi connectivity index (χ3v) is 3.38. The number of carbonyl (C=O) groups is 2. The van der Waals surface area contributed by atoms with E-state index in [4.69, 9.17) is 4.74 Å². The highest BCUT2D eigenvalue weighted by molar-refractivity contribution is 5.98. The van der Waals surface area contributed by atoms with Gasteiger partial charge in [-0.2, -0.15) is 0 Å². The average Bonchev–Trinajstić information content (AvgIpc) is 2.90. The van der Waals surface area contributed by atoms with Crippen LogP contribution in [0.25, 0.3) is 0 Å². The number of nitrogens with one attached hydrogen (secondary N) is 1. The van der Waals surface area contributed by atoms with Gasteiger partial charge < -0.3 is 14.6 Å². The number of rotatable bonds is 7. The van der Waals surface area contributed by atoms with E-state index in [-0.39, 0.29) is 18.2 Å². The fourth-order valence-electron chi connectivity index (χ4n) is 2.22. The third-order valence-electron chi connectivity index (χ3n) is 3.38. The van der Waals surface area contributed by atoms with Crippen molar-refractivity contribution in [3.8, 4) is 0 Å². The van der Waals surface area contributed by atoms with Crippen LogP contribution in [0.1, 0.15) is 35.8 Å². The fourth-order valence-corrected chi connectivity index (χ4v) is 2.22. The predicted molar refractivity (Wildman–Crippen MR) is 87.2 cm³/mol. The molecule has 1 aromatic heterocycles. The molecule has 1 amide bonds. The zero-order valence-electron chi connectivity index (χ0n) is 13.4. The number of ether oxygens (including phenoxy) is 1. The second-order valence-corrected chi connectivity index (χ2v) is 5.16. The monoisotopic (exact) mass is 315 g/mol. The zero-order valence-corrected chi connectivity index (χ0v) is 13.4. The average molecular weight is 315 g/mol. The van der Waals surface area contributed by atoms with Gasteiger partial charge in [-0.05, 0) is 25.3 Å². The van der Waals surface area contributed by atoms with E-state index in [0.717, 1.165) is 12.8 Å². The van der Waals surface area contributed by atoms with Gasteiger partial charge in [0.1, 0.15) is 5.82 Å². The molecule has 2 aromatic rings. The summed E-state index contributed by atoms with van der Waals surface area (Å²) < 4.78 is 6.53. The lowest BCUT2D eigenvalue weighted by Crippen LogP contribution is -2.17. The van der Waals surface area contributed by atoms with Gasteiger partial charge >= 0.3 is 5.97 Å². The first kappa shape index (κ1) is 16.7. The third kappa shape index (κ3) is 4.67. The van der Waals surface area contributed by atoms with Gasteiger partial charge in [0, 0.05) is 13.5 Å². The lowest BCUT2D eigenvalue weighted by atomic mass is 10.1. The predicted octanol–water partition coefficient (Wildman–Crippen LogP) is 2.56. The van der Waals surface area contributed by atoms with Crippen LogP contribution in [0.15, 0.2) is 36.7 Å². The molecule has 0 spiro atoms. The Bertz CT molecular complexity index is 665. The van der Waals surface area contributed by atoms with E-state index < -0.39 is 5.97 Å². The molecule has 0 saturated carbocycles. The SMILES string of the molecule is CCOC(=O)c1ncn(C)c1NC(=O)CCCc1ccccc1. The van der Waals surface area contributed by atoms with Gasteiger partial charge in [-0.1, -0.05) is 30.3 Å². The molecule has 1 aromatic carbocycles. The molecule has 0 aliphatic rings. The van der Waals surface area contributed by atoms with Gasteiger partial charge in [-0.3, -0.25) is 4.79 Å². The van der Waals surface area contributed by atoms with Crippen molar-refractivity contribution in [2.75, 3.05) is 11.9 Å². The number of esters is 1. The Morgan fingerprint density at radius 1 is 1.26 bits per heavy atom. The summed E-state index contributed by atoms with van der Waals surface area (Å²) in [6.07, 6.45) is 3.43. The Morgan fingerprint density at radius 2 is 2.00 bits per heavy atom. The summed E-state index contributed by atoms with van der Waals surface area (Å²) in [5.41, 5.74) is 1.33. The van der Waals surface area contributed by atoms with Crippen LogP contribution in [0.4, 0.5) is 5.82 Å². The van der Waals surface area contributed by atoms with Gasteiger partial charge in [0.25, 0.3) is 0 Å². The van der Waals surface area contributed by atoms with Gasteiger partial charge in [0.2, 0.25) is 5.91 Å². The highest BCUT2D eigenvalue weighted by atomic mass is 16.5. The molecule has 122 valence electrons. The quantitative estimate of drug-likeness (QED) is 0.797. The molecule has 2 rings (SSSR count). The van der Waals surface area contributed by atoms with Crippen LogP contribution < -0.4 is 5.32 Å². The molecule has 0 fully saturated rings. The lowest BCUT2D eigenvalue weighted by Gasteiger charge is -2.08. The smallest absolute Gasteiger partial charge is 0.360 e. The first-order valence-electron chi connectivity index (χ1n) is 7.64. The molecule has 6 heteroatoms. The minimum Gasteiger partial charge on any atom is -0.461 e. The maximum atomic E-state index is 12.1. The minimum atomic E-state index is -0.535. The molecule has 0 bridgehead atoms. The highest BCUT2D eigenvalue weighted by Crippen LogP contribution is 2.15. The van der Waals surface area contributed by atoms with E-state index >= 15 is 0 Å². The molecule has 6 nitrogen and oxygen atoms in total. The number of amides is 1. The molecule has 0 aliphatic carbocycles. The Balaban J connectivity index is 1.90. The topological polar surface area (TPSA) is 73.2 Å². The number of nitrogens with zero attached hydrogens (tertiary/aromatic N) is 2. The van der Waals surface area contributed by atoms with Crippen LogP contribution in [-0.2, 0) is 23.0 Å². The van der Waals surface area contributed by atoms with E-state index in [1.165, 1.54) is 11.9 Å². The summed E-state index contributed by atoms with van der Waals surface area (Å²) in [5, 5.41) is 2.75. The summed E-state index contributed by atoms with van der Waals surface area (Å²) in [6, 6.07) is 10.0. The molecule has 0 atom stereocenters. The van der Waals surface area contributed by atoms with Crippen molar-refractivity contribution in [3.63, 3.8) is 0 Å². The van der Waals surface area contributed by atoms with E-state index in [2.05, 4.69) is 10.3 Å². The number of anilines is 1. The highest BCUT2D eigenvalue weighted by Gasteiger charge is 2.19. The molecular formula is C17H21N3O3. The number of carbonyl (C=O) groups excluding carboxylic acids is 2. The molecule has 0 aliphatic heterocycles.